The third kappa shape index (κ3) is 3.62. The van der Waals surface area contributed by atoms with Crippen molar-refractivity contribution in [2.24, 2.45) is 28.6 Å². The van der Waals surface area contributed by atoms with E-state index in [-0.39, 0.29) is 24.0 Å². The first-order valence-corrected chi connectivity index (χ1v) is 9.64. The van der Waals surface area contributed by atoms with Crippen molar-refractivity contribution in [3.63, 3.8) is 0 Å². The van der Waals surface area contributed by atoms with Crippen molar-refractivity contribution in [2.45, 2.75) is 84.7 Å². The van der Waals surface area contributed by atoms with Crippen LogP contribution in [0.25, 0.3) is 0 Å². The summed E-state index contributed by atoms with van der Waals surface area (Å²) in [5.41, 5.74) is -0.466. The van der Waals surface area contributed by atoms with E-state index >= 15 is 0 Å². The maximum atomic E-state index is 11.1. The van der Waals surface area contributed by atoms with Gasteiger partial charge in [-0.05, 0) is 74.0 Å². The minimum absolute atomic E-state index is 0.0124. The monoisotopic (exact) mass is 326 g/mol. The summed E-state index contributed by atoms with van der Waals surface area (Å²) in [5, 5.41) is 30.3. The highest BCUT2D eigenvalue weighted by atomic mass is 16.3. The van der Waals surface area contributed by atoms with E-state index in [4.69, 9.17) is 5.11 Å². The summed E-state index contributed by atoms with van der Waals surface area (Å²) in [6.07, 6.45) is 8.27. The molecule has 0 aromatic carbocycles. The predicted molar refractivity (Wildman–Crippen MR) is 94.1 cm³/mol. The Balaban J connectivity index is 2.22. The van der Waals surface area contributed by atoms with Gasteiger partial charge in [0, 0.05) is 13.2 Å². The average Bonchev–Trinajstić information content (AvgIpc) is 2.46. The second kappa shape index (κ2) is 7.01. The number of hydrogen-bond acceptors (Lipinski definition) is 3. The quantitative estimate of drug-likeness (QED) is 0.696. The molecule has 2 saturated carbocycles. The summed E-state index contributed by atoms with van der Waals surface area (Å²) < 4.78 is 0. The summed E-state index contributed by atoms with van der Waals surface area (Å²) in [4.78, 5) is 0. The molecular weight excluding hydrogens is 288 g/mol. The summed E-state index contributed by atoms with van der Waals surface area (Å²) in [5.74, 6) is 1.31. The van der Waals surface area contributed by atoms with Crippen LogP contribution in [0, 0.1) is 28.6 Å². The molecule has 0 aromatic rings. The lowest BCUT2D eigenvalue weighted by atomic mass is 9.45. The van der Waals surface area contributed by atoms with Gasteiger partial charge in [-0.25, -0.2) is 0 Å². The van der Waals surface area contributed by atoms with Gasteiger partial charge in [0.05, 0.1) is 5.60 Å². The lowest BCUT2D eigenvalue weighted by molar-refractivity contribution is -0.180. The van der Waals surface area contributed by atoms with Gasteiger partial charge in [-0.2, -0.15) is 0 Å². The van der Waals surface area contributed by atoms with Crippen molar-refractivity contribution >= 4 is 0 Å². The maximum Gasteiger partial charge on any atom is 0.0653 e. The molecule has 136 valence electrons. The van der Waals surface area contributed by atoms with Gasteiger partial charge in [0.25, 0.3) is 0 Å². The molecule has 3 heteroatoms. The average molecular weight is 327 g/mol. The highest BCUT2D eigenvalue weighted by molar-refractivity contribution is 5.08. The van der Waals surface area contributed by atoms with E-state index in [1.165, 1.54) is 6.42 Å². The molecule has 2 aliphatic rings. The van der Waals surface area contributed by atoms with Gasteiger partial charge in [-0.1, -0.05) is 33.6 Å². The van der Waals surface area contributed by atoms with Crippen LogP contribution in [-0.4, -0.2) is 34.1 Å². The van der Waals surface area contributed by atoms with E-state index in [9.17, 15) is 10.2 Å². The Hall–Kier alpha value is -0.120. The molecule has 0 bridgehead atoms. The molecule has 0 saturated heterocycles. The van der Waals surface area contributed by atoms with Crippen molar-refractivity contribution in [1.82, 2.24) is 0 Å². The van der Waals surface area contributed by atoms with E-state index in [2.05, 4.69) is 20.8 Å². The number of aliphatic hydroxyl groups is 3. The molecule has 2 aliphatic carbocycles. The zero-order valence-electron chi connectivity index (χ0n) is 15.6. The molecule has 0 heterocycles. The van der Waals surface area contributed by atoms with E-state index in [1.54, 1.807) is 0 Å². The van der Waals surface area contributed by atoms with Crippen LogP contribution >= 0.6 is 0 Å². The number of rotatable bonds is 6. The van der Waals surface area contributed by atoms with Crippen LogP contribution in [0.2, 0.25) is 0 Å². The third-order valence-corrected chi connectivity index (χ3v) is 7.52. The summed E-state index contributed by atoms with van der Waals surface area (Å²) >= 11 is 0. The number of fused-ring (bicyclic) bond motifs is 1. The normalized spacial score (nSPS) is 45.5. The fraction of sp³-hybridized carbons (Fsp3) is 1.00. The molecule has 2 fully saturated rings. The Morgan fingerprint density at radius 2 is 1.74 bits per heavy atom. The Morgan fingerprint density at radius 1 is 1.04 bits per heavy atom. The van der Waals surface area contributed by atoms with Crippen molar-refractivity contribution < 1.29 is 15.3 Å². The predicted octanol–water partition coefficient (Wildman–Crippen LogP) is 3.75. The topological polar surface area (TPSA) is 60.7 Å². The van der Waals surface area contributed by atoms with E-state index in [0.717, 1.165) is 44.9 Å². The Labute approximate surface area is 142 Å². The first kappa shape index (κ1) is 19.2. The van der Waals surface area contributed by atoms with Crippen LogP contribution in [0.3, 0.4) is 0 Å². The number of hydrogen-bond donors (Lipinski definition) is 3. The van der Waals surface area contributed by atoms with E-state index in [1.807, 2.05) is 6.92 Å². The molecule has 0 amide bonds. The van der Waals surface area contributed by atoms with Crippen LogP contribution < -0.4 is 0 Å². The molecule has 2 rings (SSSR count). The lowest BCUT2D eigenvalue weighted by Crippen LogP contribution is -2.58. The first-order chi connectivity index (χ1) is 10.7. The molecule has 0 aromatic heterocycles. The molecule has 0 aliphatic heterocycles. The van der Waals surface area contributed by atoms with Gasteiger partial charge in [0.2, 0.25) is 0 Å². The Morgan fingerprint density at radius 3 is 2.35 bits per heavy atom. The highest BCUT2D eigenvalue weighted by Crippen LogP contribution is 2.63. The Kier molecular flexibility index (Phi) is 5.86. The largest absolute Gasteiger partial charge is 0.396 e. The second-order valence-corrected chi connectivity index (χ2v) is 9.37. The van der Waals surface area contributed by atoms with Crippen molar-refractivity contribution in [3.05, 3.63) is 0 Å². The second-order valence-electron chi connectivity index (χ2n) is 9.37. The standard InChI is InChI=1S/C20H38O3/c1-15(9-13-21)6-7-17-19(3)11-5-10-18(2,14-22)16(19)8-12-20(17,4)23/h15-17,21-23H,5-14H2,1-4H3/t15-,16+,17-,18+,19+,20-/m0/s1. The smallest absolute Gasteiger partial charge is 0.0653 e. The minimum atomic E-state index is -0.599. The lowest BCUT2D eigenvalue weighted by Gasteiger charge is -2.61. The molecule has 0 spiro atoms. The molecule has 3 N–H and O–H groups in total. The van der Waals surface area contributed by atoms with Gasteiger partial charge in [-0.15, -0.1) is 0 Å². The van der Waals surface area contributed by atoms with Crippen molar-refractivity contribution in [3.8, 4) is 0 Å². The first-order valence-electron chi connectivity index (χ1n) is 9.64. The minimum Gasteiger partial charge on any atom is -0.396 e. The zero-order valence-corrected chi connectivity index (χ0v) is 15.6. The van der Waals surface area contributed by atoms with E-state index < -0.39 is 5.60 Å². The molecule has 3 nitrogen and oxygen atoms in total. The van der Waals surface area contributed by atoms with E-state index in [0.29, 0.717) is 17.8 Å². The van der Waals surface area contributed by atoms with Gasteiger partial charge in [-0.3, -0.25) is 0 Å². The van der Waals surface area contributed by atoms with Gasteiger partial charge >= 0.3 is 0 Å². The molecular formula is C20H38O3. The van der Waals surface area contributed by atoms with Gasteiger partial charge in [0.15, 0.2) is 0 Å². The summed E-state index contributed by atoms with van der Waals surface area (Å²) in [6, 6.07) is 0. The van der Waals surface area contributed by atoms with Gasteiger partial charge in [0.1, 0.15) is 0 Å². The molecule has 0 unspecified atom stereocenters. The van der Waals surface area contributed by atoms with Crippen LogP contribution in [0.15, 0.2) is 0 Å². The fourth-order valence-electron chi connectivity index (χ4n) is 6.08. The number of aliphatic hydroxyl groups excluding tert-OH is 2. The Bertz CT molecular complexity index is 394. The van der Waals surface area contributed by atoms with Crippen molar-refractivity contribution in [2.75, 3.05) is 13.2 Å². The van der Waals surface area contributed by atoms with Crippen molar-refractivity contribution in [1.29, 1.82) is 0 Å². The molecule has 0 radical (unpaired) electrons. The molecule has 6 atom stereocenters. The van der Waals surface area contributed by atoms with Crippen LogP contribution in [0.1, 0.15) is 79.1 Å². The van der Waals surface area contributed by atoms with Crippen LogP contribution in [0.5, 0.6) is 0 Å². The van der Waals surface area contributed by atoms with Crippen LogP contribution in [0.4, 0.5) is 0 Å². The van der Waals surface area contributed by atoms with Gasteiger partial charge < -0.3 is 15.3 Å². The van der Waals surface area contributed by atoms with Crippen LogP contribution in [-0.2, 0) is 0 Å². The summed E-state index contributed by atoms with van der Waals surface area (Å²) in [6.45, 7) is 9.38. The zero-order chi connectivity index (χ0) is 17.3. The fourth-order valence-corrected chi connectivity index (χ4v) is 6.08. The molecule has 23 heavy (non-hydrogen) atoms. The summed E-state index contributed by atoms with van der Waals surface area (Å²) in [7, 11) is 0. The maximum absolute atomic E-state index is 11.1. The SMILES string of the molecule is C[C@H](CCO)CC[C@H]1[C@]2(C)CCC[C@](C)(CO)[C@H]2CC[C@]1(C)O. The highest BCUT2D eigenvalue weighted by Gasteiger charge is 2.58. The third-order valence-electron chi connectivity index (χ3n) is 7.52.